The molecule has 0 aliphatic heterocycles. The molecule has 0 unspecified atom stereocenters. The highest BCUT2D eigenvalue weighted by molar-refractivity contribution is 8.00. The molecule has 1 amide bonds. The van der Waals surface area contributed by atoms with Gasteiger partial charge in [0.15, 0.2) is 9.99 Å². The van der Waals surface area contributed by atoms with Gasteiger partial charge in [0.2, 0.25) is 5.91 Å². The fourth-order valence-corrected chi connectivity index (χ4v) is 5.06. The fourth-order valence-electron chi connectivity index (χ4n) is 3.57. The number of anilines is 1. The maximum atomic E-state index is 13.4. The van der Waals surface area contributed by atoms with Crippen molar-refractivity contribution in [3.05, 3.63) is 80.5 Å². The minimum absolute atomic E-state index is 0.234. The number of carbonyl (C=O) groups is 1. The van der Waals surface area contributed by atoms with E-state index >= 15 is 0 Å². The second-order valence-electron chi connectivity index (χ2n) is 7.47. The van der Waals surface area contributed by atoms with Gasteiger partial charge >= 0.3 is 5.69 Å². The molecule has 0 saturated heterocycles. The number of fused-ring (bicyclic) bond motifs is 1. The molecule has 33 heavy (non-hydrogen) atoms. The van der Waals surface area contributed by atoms with Crippen molar-refractivity contribution >= 4 is 45.0 Å². The third-order valence-electron chi connectivity index (χ3n) is 5.36. The summed E-state index contributed by atoms with van der Waals surface area (Å²) in [6, 6.07) is 14.9. The van der Waals surface area contributed by atoms with Crippen LogP contribution in [-0.2, 0) is 24.2 Å². The molecule has 0 aliphatic carbocycles. The number of aromatic nitrogens is 3. The Morgan fingerprint density at radius 2 is 1.79 bits per heavy atom. The van der Waals surface area contributed by atoms with Crippen molar-refractivity contribution in [2.75, 3.05) is 11.6 Å². The fraction of sp³-hybridized carbons (Fsp3) is 0.250. The number of nitrogens with zero attached hydrogens (tertiary/aromatic N) is 3. The Balaban J connectivity index is 1.80. The zero-order valence-electron chi connectivity index (χ0n) is 18.6. The summed E-state index contributed by atoms with van der Waals surface area (Å²) in [7, 11) is 0. The lowest BCUT2D eigenvalue weighted by Gasteiger charge is -2.12. The van der Waals surface area contributed by atoms with E-state index in [1.807, 2.05) is 50.4 Å². The summed E-state index contributed by atoms with van der Waals surface area (Å²) in [6.45, 7) is 3.83. The molecule has 0 spiro atoms. The molecule has 0 atom stereocenters. The Hall–Kier alpha value is -3.17. The van der Waals surface area contributed by atoms with Crippen LogP contribution < -0.4 is 16.6 Å². The molecule has 0 bridgehead atoms. The Morgan fingerprint density at radius 1 is 1.06 bits per heavy atom. The molecule has 0 fully saturated rings. The number of hydrogen-bond donors (Lipinski definition) is 1. The number of hydrogen-bond acceptors (Lipinski definition) is 6. The first-order chi connectivity index (χ1) is 15.9. The second-order valence-corrected chi connectivity index (χ2v) is 9.52. The number of nitrogens with one attached hydrogen (secondary N) is 1. The Bertz CT molecular complexity index is 1440. The van der Waals surface area contributed by atoms with Gasteiger partial charge in [-0.2, -0.15) is 0 Å². The number of benzene rings is 2. The van der Waals surface area contributed by atoms with Crippen LogP contribution in [-0.4, -0.2) is 26.3 Å². The van der Waals surface area contributed by atoms with Gasteiger partial charge < -0.3 is 5.32 Å². The predicted octanol–water partition coefficient (Wildman–Crippen LogP) is 4.09. The van der Waals surface area contributed by atoms with E-state index in [1.165, 1.54) is 27.7 Å². The maximum Gasteiger partial charge on any atom is 0.337 e. The molecule has 2 heterocycles. The SMILES string of the molecule is CCc1ccc(-n2c(=O)c3sc(SC)nc3n(CC(=O)Nc3cccc(CC)c3)c2=O)cc1. The third kappa shape index (κ3) is 4.65. The van der Waals surface area contributed by atoms with E-state index in [-0.39, 0.29) is 18.1 Å². The average molecular weight is 481 g/mol. The normalized spacial score (nSPS) is 11.1. The second kappa shape index (κ2) is 9.76. The smallest absolute Gasteiger partial charge is 0.325 e. The lowest BCUT2D eigenvalue weighted by molar-refractivity contribution is -0.116. The summed E-state index contributed by atoms with van der Waals surface area (Å²) < 4.78 is 3.40. The van der Waals surface area contributed by atoms with Crippen LogP contribution in [0.15, 0.2) is 62.5 Å². The van der Waals surface area contributed by atoms with E-state index in [2.05, 4.69) is 10.3 Å². The molecule has 4 aromatic rings. The molecule has 2 aromatic carbocycles. The summed E-state index contributed by atoms with van der Waals surface area (Å²) in [6.07, 6.45) is 3.56. The van der Waals surface area contributed by atoms with E-state index in [0.29, 0.717) is 20.4 Å². The predicted molar refractivity (Wildman–Crippen MR) is 135 cm³/mol. The molecule has 0 aliphatic rings. The number of thiazole rings is 1. The molecular formula is C24H24N4O3S2. The van der Waals surface area contributed by atoms with Gasteiger partial charge in [0.1, 0.15) is 11.2 Å². The molecule has 9 heteroatoms. The lowest BCUT2D eigenvalue weighted by atomic mass is 10.1. The van der Waals surface area contributed by atoms with Gasteiger partial charge in [0.05, 0.1) is 5.69 Å². The van der Waals surface area contributed by atoms with Crippen LogP contribution >= 0.6 is 23.1 Å². The summed E-state index contributed by atoms with van der Waals surface area (Å²) in [5, 5.41) is 2.85. The molecule has 0 radical (unpaired) electrons. The average Bonchev–Trinajstić information content (AvgIpc) is 3.27. The first kappa shape index (κ1) is 23.0. The Labute approximate surface area is 199 Å². The Kier molecular flexibility index (Phi) is 6.80. The van der Waals surface area contributed by atoms with Crippen LogP contribution in [0, 0.1) is 0 Å². The van der Waals surface area contributed by atoms with Gasteiger partial charge in [-0.3, -0.25) is 14.2 Å². The molecular weight excluding hydrogens is 456 g/mol. The molecule has 4 rings (SSSR count). The zero-order valence-corrected chi connectivity index (χ0v) is 20.3. The third-order valence-corrected chi connectivity index (χ3v) is 7.38. The molecule has 1 N–H and O–H groups in total. The maximum absolute atomic E-state index is 13.4. The minimum Gasteiger partial charge on any atom is -0.325 e. The zero-order chi connectivity index (χ0) is 23.5. The quantitative estimate of drug-likeness (QED) is 0.403. The van der Waals surface area contributed by atoms with Gasteiger partial charge in [0.25, 0.3) is 5.56 Å². The van der Waals surface area contributed by atoms with Crippen LogP contribution in [0.5, 0.6) is 0 Å². The van der Waals surface area contributed by atoms with E-state index in [9.17, 15) is 14.4 Å². The first-order valence-corrected chi connectivity index (χ1v) is 12.7. The summed E-state index contributed by atoms with van der Waals surface area (Å²) in [5.41, 5.74) is 2.54. The van der Waals surface area contributed by atoms with Gasteiger partial charge in [0, 0.05) is 5.69 Å². The van der Waals surface area contributed by atoms with Crippen LogP contribution in [0.3, 0.4) is 0 Å². The largest absolute Gasteiger partial charge is 0.337 e. The number of thioether (sulfide) groups is 1. The van der Waals surface area contributed by atoms with Gasteiger partial charge in [-0.05, 0) is 54.5 Å². The summed E-state index contributed by atoms with van der Waals surface area (Å²) >= 11 is 2.62. The number of amides is 1. The summed E-state index contributed by atoms with van der Waals surface area (Å²) in [5.74, 6) is -0.364. The lowest BCUT2D eigenvalue weighted by Crippen LogP contribution is -2.40. The van der Waals surface area contributed by atoms with Crippen molar-refractivity contribution in [3.63, 3.8) is 0 Å². The van der Waals surface area contributed by atoms with Gasteiger partial charge in [-0.15, -0.1) is 11.3 Å². The van der Waals surface area contributed by atoms with Crippen LogP contribution in [0.2, 0.25) is 0 Å². The standard InChI is InChI=1S/C24H24N4O3S2/c1-4-15-9-11-18(12-10-15)28-22(30)20-21(26-23(32-3)33-20)27(24(28)31)14-19(29)25-17-8-6-7-16(5-2)13-17/h6-13H,4-5,14H2,1-3H3,(H,25,29). The number of rotatable bonds is 7. The monoisotopic (exact) mass is 480 g/mol. The molecule has 0 saturated carbocycles. The van der Waals surface area contributed by atoms with Crippen LogP contribution in [0.25, 0.3) is 16.0 Å². The first-order valence-electron chi connectivity index (χ1n) is 10.6. The highest BCUT2D eigenvalue weighted by Gasteiger charge is 2.20. The molecule has 2 aromatic heterocycles. The summed E-state index contributed by atoms with van der Waals surface area (Å²) in [4.78, 5) is 44.0. The van der Waals surface area contributed by atoms with Crippen molar-refractivity contribution in [2.45, 2.75) is 37.6 Å². The number of aryl methyl sites for hydroxylation is 2. The van der Waals surface area contributed by atoms with Gasteiger partial charge in [-0.25, -0.2) is 14.3 Å². The van der Waals surface area contributed by atoms with Crippen molar-refractivity contribution < 1.29 is 4.79 Å². The van der Waals surface area contributed by atoms with Crippen molar-refractivity contribution in [3.8, 4) is 5.69 Å². The molecule has 170 valence electrons. The highest BCUT2D eigenvalue weighted by atomic mass is 32.2. The van der Waals surface area contributed by atoms with Gasteiger partial charge in [-0.1, -0.05) is 49.9 Å². The van der Waals surface area contributed by atoms with Crippen LogP contribution in [0.1, 0.15) is 25.0 Å². The van der Waals surface area contributed by atoms with Crippen molar-refractivity contribution in [2.24, 2.45) is 0 Å². The molecule has 7 nitrogen and oxygen atoms in total. The number of carbonyl (C=O) groups excluding carboxylic acids is 1. The van der Waals surface area contributed by atoms with E-state index in [0.717, 1.165) is 28.5 Å². The van der Waals surface area contributed by atoms with Crippen LogP contribution in [0.4, 0.5) is 5.69 Å². The van der Waals surface area contributed by atoms with E-state index in [1.54, 1.807) is 18.2 Å². The Morgan fingerprint density at radius 3 is 2.45 bits per heavy atom. The van der Waals surface area contributed by atoms with E-state index in [4.69, 9.17) is 0 Å². The topological polar surface area (TPSA) is 86.0 Å². The van der Waals surface area contributed by atoms with E-state index < -0.39 is 11.2 Å². The van der Waals surface area contributed by atoms with Crippen molar-refractivity contribution in [1.82, 2.24) is 14.1 Å². The van der Waals surface area contributed by atoms with Crippen molar-refractivity contribution in [1.29, 1.82) is 0 Å². The highest BCUT2D eigenvalue weighted by Crippen LogP contribution is 2.25. The minimum atomic E-state index is -0.591.